The van der Waals surface area contributed by atoms with Crippen LogP contribution in [0, 0.1) is 0 Å². The number of para-hydroxylation sites is 1. The van der Waals surface area contributed by atoms with Gasteiger partial charge in [0.05, 0.1) is 6.42 Å². The van der Waals surface area contributed by atoms with Crippen molar-refractivity contribution in [3.8, 4) is 0 Å². The zero-order valence-electron chi connectivity index (χ0n) is 14.8. The van der Waals surface area contributed by atoms with Crippen LogP contribution in [0.5, 0.6) is 0 Å². The molecule has 0 aliphatic carbocycles. The number of fused-ring (bicyclic) bond motifs is 1. The number of rotatable bonds is 6. The molecule has 2 aromatic heterocycles. The standard InChI is InChI=1S/C17H17N3O.C2H6N2.BrH.Pt/c21-17(11-13-5-8-18-9-6-13)19-10-7-14-12-20-16-4-2-1-3-15(14)16;3-1-2-4;;/h1-6,8-9,12,20H,7,10-11H2,(H,19,21);3-4H,1-2H2;1H;/q;-2;;+1/p-1. The van der Waals surface area contributed by atoms with Gasteiger partial charge in [-0.15, -0.1) is 0 Å². The summed E-state index contributed by atoms with van der Waals surface area (Å²) in [6.07, 6.45) is 6.64. The molecule has 1 amide bonds. The van der Waals surface area contributed by atoms with Crippen LogP contribution in [-0.4, -0.2) is 35.5 Å². The van der Waals surface area contributed by atoms with Crippen LogP contribution in [0.1, 0.15) is 11.1 Å². The van der Waals surface area contributed by atoms with Gasteiger partial charge >= 0.3 is 31.1 Å². The minimum Gasteiger partial charge on any atom is -0.679 e. The summed E-state index contributed by atoms with van der Waals surface area (Å²) in [5.74, 6) is 0.0426. The van der Waals surface area contributed by atoms with Gasteiger partial charge in [-0.3, -0.25) is 9.78 Å². The Balaban J connectivity index is 0.000000541. The van der Waals surface area contributed by atoms with Crippen molar-refractivity contribution in [2.45, 2.75) is 12.8 Å². The Morgan fingerprint density at radius 1 is 1.11 bits per heavy atom. The fourth-order valence-electron chi connectivity index (χ4n) is 2.42. The molecule has 0 aliphatic rings. The van der Waals surface area contributed by atoms with E-state index in [1.54, 1.807) is 12.4 Å². The van der Waals surface area contributed by atoms with Gasteiger partial charge in [0, 0.05) is 36.0 Å². The third kappa shape index (κ3) is 8.80. The molecule has 0 spiro atoms. The molecule has 0 aliphatic heterocycles. The summed E-state index contributed by atoms with van der Waals surface area (Å²) >= 11 is 4.86. The van der Waals surface area contributed by atoms with Gasteiger partial charge in [-0.1, -0.05) is 18.2 Å². The number of carbonyl (C=O) groups is 1. The summed E-state index contributed by atoms with van der Waals surface area (Å²) in [7, 11) is 0. The first-order valence-electron chi connectivity index (χ1n) is 8.36. The molecular weight excluding hydrogens is 589 g/mol. The summed E-state index contributed by atoms with van der Waals surface area (Å²) in [5.41, 5.74) is 15.9. The van der Waals surface area contributed by atoms with Crippen molar-refractivity contribution in [2.75, 3.05) is 19.6 Å². The number of amides is 1. The van der Waals surface area contributed by atoms with E-state index in [9.17, 15) is 4.79 Å². The van der Waals surface area contributed by atoms with Gasteiger partial charge in [-0.2, -0.15) is 13.1 Å². The van der Waals surface area contributed by atoms with Gasteiger partial charge in [0.25, 0.3) is 0 Å². The van der Waals surface area contributed by atoms with Crippen molar-refractivity contribution in [1.82, 2.24) is 15.3 Å². The van der Waals surface area contributed by atoms with Crippen LogP contribution >= 0.6 is 13.3 Å². The summed E-state index contributed by atoms with van der Waals surface area (Å²) in [6, 6.07) is 11.9. The van der Waals surface area contributed by atoms with Gasteiger partial charge in [0.15, 0.2) is 0 Å². The molecule has 6 nitrogen and oxygen atoms in total. The molecule has 1 aromatic carbocycles. The Morgan fingerprint density at radius 3 is 2.44 bits per heavy atom. The maximum absolute atomic E-state index is 11.9. The smallest absolute Gasteiger partial charge is 0.171 e. The maximum Gasteiger partial charge on any atom is -0.171 e. The van der Waals surface area contributed by atoms with Crippen LogP contribution in [0.15, 0.2) is 55.0 Å². The molecule has 0 saturated carbocycles. The minimum atomic E-state index is 0.0426. The number of pyridine rings is 1. The Morgan fingerprint density at radius 2 is 1.78 bits per heavy atom. The number of hydrogen-bond donors (Lipinski definition) is 2. The van der Waals surface area contributed by atoms with Crippen molar-refractivity contribution in [3.05, 3.63) is 77.6 Å². The van der Waals surface area contributed by atoms with Gasteiger partial charge in [0.2, 0.25) is 5.91 Å². The van der Waals surface area contributed by atoms with Crippen LogP contribution in [0.2, 0.25) is 0 Å². The number of H-pyrrole nitrogens is 1. The van der Waals surface area contributed by atoms with Gasteiger partial charge < -0.3 is 21.8 Å². The average Bonchev–Trinajstić information content (AvgIpc) is 3.14. The number of aromatic nitrogens is 2. The summed E-state index contributed by atoms with van der Waals surface area (Å²) in [6.45, 7) is 1.12. The predicted octanol–water partition coefficient (Wildman–Crippen LogP) is 4.40. The first kappa shape index (κ1) is 23.5. The summed E-state index contributed by atoms with van der Waals surface area (Å²) < 4.78 is 0. The van der Waals surface area contributed by atoms with Crippen molar-refractivity contribution in [3.63, 3.8) is 0 Å². The minimum absolute atomic E-state index is 0.0426. The monoisotopic (exact) mass is 611 g/mol. The molecule has 4 N–H and O–H groups in total. The van der Waals surface area contributed by atoms with Gasteiger partial charge in [-0.05, 0) is 35.7 Å². The molecule has 8 heteroatoms. The molecule has 149 valence electrons. The molecule has 27 heavy (non-hydrogen) atoms. The fraction of sp³-hybridized carbons (Fsp3) is 0.263. The maximum atomic E-state index is 11.9. The Hall–Kier alpha value is -1.53. The third-order valence-electron chi connectivity index (χ3n) is 3.63. The number of nitrogens with one attached hydrogen (secondary N) is 4. The second kappa shape index (κ2) is 14.5. The molecular formula is C19H23BrN5OPt-2. The Kier molecular flexibility index (Phi) is 12.6. The third-order valence-corrected chi connectivity index (χ3v) is 3.63. The topological polar surface area (TPSA) is 105 Å². The molecule has 2 heterocycles. The van der Waals surface area contributed by atoms with E-state index in [-0.39, 0.29) is 19.0 Å². The Labute approximate surface area is 177 Å². The van der Waals surface area contributed by atoms with E-state index >= 15 is 0 Å². The number of hydrogen-bond acceptors (Lipinski definition) is 2. The van der Waals surface area contributed by atoms with Crippen molar-refractivity contribution >= 4 is 30.1 Å². The van der Waals surface area contributed by atoms with E-state index in [1.807, 2.05) is 48.2 Å². The molecule has 0 atom stereocenters. The largest absolute Gasteiger partial charge is 0.679 e. The molecule has 3 rings (SSSR count). The average molecular weight is 612 g/mol. The van der Waals surface area contributed by atoms with E-state index in [0.717, 1.165) is 17.5 Å². The van der Waals surface area contributed by atoms with Gasteiger partial charge in [0.1, 0.15) is 0 Å². The number of carbonyl (C=O) groups excluding carboxylic acids is 1. The predicted molar refractivity (Wildman–Crippen MR) is 110 cm³/mol. The second-order valence-electron chi connectivity index (χ2n) is 5.49. The van der Waals surface area contributed by atoms with Crippen LogP contribution in [0.3, 0.4) is 0 Å². The van der Waals surface area contributed by atoms with Gasteiger partial charge in [-0.25, -0.2) is 0 Å². The summed E-state index contributed by atoms with van der Waals surface area (Å²) in [4.78, 5) is 19.1. The zero-order valence-corrected chi connectivity index (χ0v) is 18.6. The fourth-order valence-corrected chi connectivity index (χ4v) is 2.42. The SMILES string of the molecule is O=C(Cc1ccncc1)NCCc1c[nH]c2ccccc12.[Br][Pt].[NH-]CC[NH-]. The molecule has 0 unspecified atom stereocenters. The Bertz CT molecular complexity index is 780. The van der Waals surface area contributed by atoms with E-state index in [4.69, 9.17) is 11.5 Å². The summed E-state index contributed by atoms with van der Waals surface area (Å²) in [5, 5.41) is 4.18. The van der Waals surface area contributed by atoms with Crippen molar-refractivity contribution in [1.29, 1.82) is 0 Å². The van der Waals surface area contributed by atoms with Crippen LogP contribution in [0.4, 0.5) is 0 Å². The van der Waals surface area contributed by atoms with E-state index in [0.29, 0.717) is 13.0 Å². The van der Waals surface area contributed by atoms with E-state index in [2.05, 4.69) is 40.7 Å². The number of halogens is 1. The zero-order chi connectivity index (χ0) is 19.9. The molecule has 0 saturated heterocycles. The van der Waals surface area contributed by atoms with Crippen LogP contribution in [0.25, 0.3) is 22.4 Å². The van der Waals surface area contributed by atoms with E-state index in [1.165, 1.54) is 10.9 Å². The van der Waals surface area contributed by atoms with E-state index < -0.39 is 0 Å². The quantitative estimate of drug-likeness (QED) is 0.431. The molecule has 0 bridgehead atoms. The number of aromatic amines is 1. The molecule has 0 fully saturated rings. The number of benzene rings is 1. The number of nitrogens with zero attached hydrogens (tertiary/aromatic N) is 1. The first-order chi connectivity index (χ1) is 13.2. The first-order valence-corrected chi connectivity index (χ1v) is 13.3. The van der Waals surface area contributed by atoms with Crippen molar-refractivity contribution in [2.24, 2.45) is 0 Å². The van der Waals surface area contributed by atoms with Crippen LogP contribution in [-0.2, 0) is 35.4 Å². The normalized spacial score (nSPS) is 9.67. The second-order valence-corrected chi connectivity index (χ2v) is 5.49. The molecule has 3 aromatic rings. The van der Waals surface area contributed by atoms with Crippen LogP contribution < -0.4 is 5.32 Å². The van der Waals surface area contributed by atoms with Crippen molar-refractivity contribution < 1.29 is 22.6 Å². The molecule has 0 radical (unpaired) electrons.